The van der Waals surface area contributed by atoms with E-state index in [-0.39, 0.29) is 29.4 Å². The summed E-state index contributed by atoms with van der Waals surface area (Å²) in [6.45, 7) is 1.93. The highest BCUT2D eigenvalue weighted by Crippen LogP contribution is 2.37. The highest BCUT2D eigenvalue weighted by atomic mass is 16.5. The zero-order valence-corrected chi connectivity index (χ0v) is 17.0. The summed E-state index contributed by atoms with van der Waals surface area (Å²) in [5, 5.41) is 0. The zero-order valence-electron chi connectivity index (χ0n) is 17.0. The molecule has 30 heavy (non-hydrogen) atoms. The molecule has 1 saturated carbocycles. The molecule has 4 rings (SSSR count). The SMILES string of the molecule is CCOC(=O)c1ccc2c(c1)C(=O)N(c1ccc(OC)c(OC3CCCC3)c1)C2=O. The molecule has 0 spiro atoms. The first-order chi connectivity index (χ1) is 14.5. The smallest absolute Gasteiger partial charge is 0.338 e. The van der Waals surface area contributed by atoms with Gasteiger partial charge in [-0.3, -0.25) is 9.59 Å². The standard InChI is InChI=1S/C23H23NO6/c1-3-29-23(27)14-8-10-17-18(12-14)22(26)24(21(17)25)15-9-11-19(28-2)20(13-15)30-16-6-4-5-7-16/h8-13,16H,3-7H2,1-2H3. The van der Waals surface area contributed by atoms with Crippen molar-refractivity contribution < 1.29 is 28.6 Å². The number of rotatable bonds is 6. The third-order valence-electron chi connectivity index (χ3n) is 5.40. The second kappa shape index (κ2) is 8.18. The quantitative estimate of drug-likeness (QED) is 0.530. The number of amides is 2. The molecule has 0 bridgehead atoms. The number of anilines is 1. The van der Waals surface area contributed by atoms with Crippen LogP contribution in [-0.4, -0.2) is 37.6 Å². The maximum Gasteiger partial charge on any atom is 0.338 e. The number of nitrogens with zero attached hydrogens (tertiary/aromatic N) is 1. The lowest BCUT2D eigenvalue weighted by Gasteiger charge is -2.19. The van der Waals surface area contributed by atoms with Crippen LogP contribution in [0, 0.1) is 0 Å². The van der Waals surface area contributed by atoms with Gasteiger partial charge in [0, 0.05) is 6.07 Å². The maximum absolute atomic E-state index is 13.0. The summed E-state index contributed by atoms with van der Waals surface area (Å²) in [5.41, 5.74) is 1.06. The molecule has 2 amide bonds. The van der Waals surface area contributed by atoms with E-state index in [4.69, 9.17) is 14.2 Å². The van der Waals surface area contributed by atoms with E-state index in [9.17, 15) is 14.4 Å². The summed E-state index contributed by atoms with van der Waals surface area (Å²) in [6.07, 6.45) is 4.28. The maximum atomic E-state index is 13.0. The fourth-order valence-corrected chi connectivity index (χ4v) is 3.90. The van der Waals surface area contributed by atoms with Gasteiger partial charge in [-0.2, -0.15) is 0 Å². The van der Waals surface area contributed by atoms with Crippen molar-refractivity contribution >= 4 is 23.5 Å². The van der Waals surface area contributed by atoms with Gasteiger partial charge in [0.1, 0.15) is 0 Å². The van der Waals surface area contributed by atoms with Crippen molar-refractivity contribution in [3.63, 3.8) is 0 Å². The summed E-state index contributed by atoms with van der Waals surface area (Å²) >= 11 is 0. The van der Waals surface area contributed by atoms with Crippen LogP contribution in [0.15, 0.2) is 36.4 Å². The van der Waals surface area contributed by atoms with Crippen molar-refractivity contribution in [2.75, 3.05) is 18.6 Å². The van der Waals surface area contributed by atoms with Crippen LogP contribution in [0.5, 0.6) is 11.5 Å². The van der Waals surface area contributed by atoms with Crippen molar-refractivity contribution in [3.8, 4) is 11.5 Å². The third kappa shape index (κ3) is 3.51. The molecule has 0 unspecified atom stereocenters. The van der Waals surface area contributed by atoms with Gasteiger partial charge in [-0.1, -0.05) is 0 Å². The lowest BCUT2D eigenvalue weighted by molar-refractivity contribution is 0.0526. The van der Waals surface area contributed by atoms with Crippen molar-refractivity contribution in [1.29, 1.82) is 0 Å². The number of esters is 1. The zero-order chi connectivity index (χ0) is 21.3. The van der Waals surface area contributed by atoms with Gasteiger partial charge in [-0.05, 0) is 62.9 Å². The Morgan fingerprint density at radius 3 is 2.43 bits per heavy atom. The fourth-order valence-electron chi connectivity index (χ4n) is 3.90. The molecule has 1 aliphatic carbocycles. The Balaban J connectivity index is 1.66. The van der Waals surface area contributed by atoms with Crippen LogP contribution in [0.4, 0.5) is 5.69 Å². The summed E-state index contributed by atoms with van der Waals surface area (Å²) in [5.74, 6) is -0.409. The number of hydrogen-bond donors (Lipinski definition) is 0. The first-order valence-electron chi connectivity index (χ1n) is 10.1. The Morgan fingerprint density at radius 1 is 1.00 bits per heavy atom. The number of benzene rings is 2. The minimum absolute atomic E-state index is 0.100. The summed E-state index contributed by atoms with van der Waals surface area (Å²) in [4.78, 5) is 39.1. The molecule has 0 aromatic heterocycles. The van der Waals surface area contributed by atoms with Gasteiger partial charge in [-0.25, -0.2) is 9.69 Å². The number of carbonyl (C=O) groups is 3. The third-order valence-corrected chi connectivity index (χ3v) is 5.40. The molecule has 0 N–H and O–H groups in total. The van der Waals surface area contributed by atoms with Crippen LogP contribution in [0.3, 0.4) is 0 Å². The lowest BCUT2D eigenvalue weighted by atomic mass is 10.1. The molecule has 1 aliphatic heterocycles. The minimum Gasteiger partial charge on any atom is -0.493 e. The number of ether oxygens (including phenoxy) is 3. The first-order valence-corrected chi connectivity index (χ1v) is 10.1. The van der Waals surface area contributed by atoms with E-state index in [1.54, 1.807) is 32.2 Å². The number of hydrogen-bond acceptors (Lipinski definition) is 6. The van der Waals surface area contributed by atoms with Crippen LogP contribution in [0.2, 0.25) is 0 Å². The first kappa shape index (κ1) is 19.9. The molecule has 0 atom stereocenters. The molecule has 2 aromatic carbocycles. The molecule has 0 radical (unpaired) electrons. The van der Waals surface area contributed by atoms with E-state index in [1.165, 1.54) is 18.2 Å². The highest BCUT2D eigenvalue weighted by molar-refractivity contribution is 6.34. The second-order valence-corrected chi connectivity index (χ2v) is 7.29. The van der Waals surface area contributed by atoms with Gasteiger partial charge in [0.15, 0.2) is 11.5 Å². The van der Waals surface area contributed by atoms with Crippen LogP contribution < -0.4 is 14.4 Å². The molecular weight excluding hydrogens is 386 g/mol. The number of fused-ring (bicyclic) bond motifs is 1. The van der Waals surface area contributed by atoms with Gasteiger partial charge in [0.25, 0.3) is 11.8 Å². The highest BCUT2D eigenvalue weighted by Gasteiger charge is 2.37. The van der Waals surface area contributed by atoms with Gasteiger partial charge in [0.05, 0.1) is 42.2 Å². The second-order valence-electron chi connectivity index (χ2n) is 7.29. The Bertz CT molecular complexity index is 1010. The molecule has 1 fully saturated rings. The number of methoxy groups -OCH3 is 1. The minimum atomic E-state index is -0.532. The van der Waals surface area contributed by atoms with E-state index in [0.29, 0.717) is 17.2 Å². The van der Waals surface area contributed by atoms with E-state index in [1.807, 2.05) is 0 Å². The van der Waals surface area contributed by atoms with E-state index < -0.39 is 17.8 Å². The summed E-state index contributed by atoms with van der Waals surface area (Å²) in [6, 6.07) is 9.38. The van der Waals surface area contributed by atoms with Crippen LogP contribution in [0.25, 0.3) is 0 Å². The molecule has 7 heteroatoms. The largest absolute Gasteiger partial charge is 0.493 e. The summed E-state index contributed by atoms with van der Waals surface area (Å²) < 4.78 is 16.5. The van der Waals surface area contributed by atoms with Gasteiger partial charge >= 0.3 is 5.97 Å². The molecule has 7 nitrogen and oxygen atoms in total. The normalized spacial score (nSPS) is 16.0. The van der Waals surface area contributed by atoms with Crippen molar-refractivity contribution in [2.24, 2.45) is 0 Å². The Hall–Kier alpha value is -3.35. The number of carbonyl (C=O) groups excluding carboxylic acids is 3. The molecule has 156 valence electrons. The van der Waals surface area contributed by atoms with Crippen LogP contribution in [-0.2, 0) is 4.74 Å². The van der Waals surface area contributed by atoms with E-state index in [0.717, 1.165) is 30.6 Å². The van der Waals surface area contributed by atoms with E-state index in [2.05, 4.69) is 0 Å². The molecule has 2 aromatic rings. The lowest BCUT2D eigenvalue weighted by Crippen LogP contribution is -2.29. The fraction of sp³-hybridized carbons (Fsp3) is 0.348. The van der Waals surface area contributed by atoms with Gasteiger partial charge in [-0.15, -0.1) is 0 Å². The molecular formula is C23H23NO6. The Labute approximate surface area is 174 Å². The van der Waals surface area contributed by atoms with Crippen molar-refractivity contribution in [3.05, 3.63) is 53.1 Å². The topological polar surface area (TPSA) is 82.1 Å². The predicted molar refractivity (Wildman–Crippen MR) is 109 cm³/mol. The van der Waals surface area contributed by atoms with E-state index >= 15 is 0 Å². The summed E-state index contributed by atoms with van der Waals surface area (Å²) in [7, 11) is 1.55. The van der Waals surface area contributed by atoms with Crippen LogP contribution in [0.1, 0.15) is 63.7 Å². The van der Waals surface area contributed by atoms with Crippen molar-refractivity contribution in [1.82, 2.24) is 0 Å². The Morgan fingerprint density at radius 2 is 1.73 bits per heavy atom. The van der Waals surface area contributed by atoms with Gasteiger partial charge < -0.3 is 14.2 Å². The average molecular weight is 409 g/mol. The van der Waals surface area contributed by atoms with Crippen molar-refractivity contribution in [2.45, 2.75) is 38.7 Å². The monoisotopic (exact) mass is 409 g/mol. The Kier molecular flexibility index (Phi) is 5.44. The molecule has 1 heterocycles. The van der Waals surface area contributed by atoms with Gasteiger partial charge in [0.2, 0.25) is 0 Å². The molecule has 2 aliphatic rings. The average Bonchev–Trinajstić information content (AvgIpc) is 3.34. The van der Waals surface area contributed by atoms with Crippen LogP contribution >= 0.6 is 0 Å². The predicted octanol–water partition coefficient (Wildman–Crippen LogP) is 3.99. The number of imide groups is 1. The molecule has 0 saturated heterocycles.